The van der Waals surface area contributed by atoms with Gasteiger partial charge < -0.3 is 58.3 Å². The second-order valence-corrected chi connectivity index (χ2v) is 21.3. The minimum Gasteiger partial charge on any atom is -0.494 e. The number of rotatable bonds is 42. The second kappa shape index (κ2) is 37.6. The van der Waals surface area contributed by atoms with Gasteiger partial charge in [-0.1, -0.05) is 93.9 Å². The van der Waals surface area contributed by atoms with Crippen LogP contribution in [-0.2, 0) is 43.0 Å². The molecular formula is C62H89N6O17P. The lowest BCUT2D eigenvalue weighted by Crippen LogP contribution is -2.49. The number of carbonyl (C=O) groups excluding carboxylic acids is 8. The minimum atomic E-state index is -3.38. The molecular weight excluding hydrogens is 1130 g/mol. The summed E-state index contributed by atoms with van der Waals surface area (Å²) in [6.07, 6.45) is 9.32. The SMILES string of the molecule is CCCCC[C@@H](C(=O)NCNC(=O)c1ccc(-c2cc(OCC)cc(O[PH](=O)Oc3cc(OCC)cc(-c4ccc(C(=O)NCNC(=O)[C@H](CCCCC)[C@@H](CC)N(C=O)OC(=O)C(CC)CC)o4)c3)c2)o1)[C@@H](CC)N(C=O)OC(=O)C(CC)CC. The normalized spacial score (nSPS) is 12.5. The molecule has 0 aliphatic carbocycles. The quantitative estimate of drug-likeness (QED) is 0.0105. The van der Waals surface area contributed by atoms with Crippen LogP contribution in [0.1, 0.15) is 180 Å². The molecule has 0 radical (unpaired) electrons. The third kappa shape index (κ3) is 21.3. The van der Waals surface area contributed by atoms with Crippen molar-refractivity contribution in [2.75, 3.05) is 26.6 Å². The molecule has 0 saturated carbocycles. The van der Waals surface area contributed by atoms with Gasteiger partial charge in [0.2, 0.25) is 24.6 Å². The molecule has 4 atom stereocenters. The maximum atomic E-state index is 13.7. The van der Waals surface area contributed by atoms with E-state index in [2.05, 4.69) is 21.3 Å². The number of unbranched alkanes of at least 4 members (excludes halogenated alkanes) is 4. The highest BCUT2D eigenvalue weighted by Crippen LogP contribution is 2.39. The van der Waals surface area contributed by atoms with Gasteiger partial charge in [0, 0.05) is 23.3 Å². The third-order valence-electron chi connectivity index (χ3n) is 14.6. The van der Waals surface area contributed by atoms with Gasteiger partial charge in [0.1, 0.15) is 34.5 Å². The molecule has 0 unspecified atom stereocenters. The van der Waals surface area contributed by atoms with Crippen LogP contribution < -0.4 is 39.8 Å². The first-order valence-corrected chi connectivity index (χ1v) is 31.4. The summed E-state index contributed by atoms with van der Waals surface area (Å²) in [5, 5.41) is 12.6. The molecule has 0 aliphatic heterocycles. The fraction of sp³-hybridized carbons (Fsp3) is 0.548. The Balaban J connectivity index is 1.43. The summed E-state index contributed by atoms with van der Waals surface area (Å²) in [4.78, 5) is 115. The minimum absolute atomic E-state index is 0.0782. The van der Waals surface area contributed by atoms with E-state index in [1.807, 2.05) is 41.5 Å². The summed E-state index contributed by atoms with van der Waals surface area (Å²) in [7, 11) is -3.38. The Morgan fingerprint density at radius 2 is 0.872 bits per heavy atom. The average Bonchev–Trinajstić information content (AvgIpc) is 4.27. The third-order valence-corrected chi connectivity index (χ3v) is 15.4. The van der Waals surface area contributed by atoms with Crippen LogP contribution >= 0.6 is 8.25 Å². The van der Waals surface area contributed by atoms with E-state index in [9.17, 15) is 42.9 Å². The zero-order valence-corrected chi connectivity index (χ0v) is 52.5. The highest BCUT2D eigenvalue weighted by Gasteiger charge is 2.36. The van der Waals surface area contributed by atoms with Crippen LogP contribution in [0.4, 0.5) is 0 Å². The van der Waals surface area contributed by atoms with Gasteiger partial charge in [0.25, 0.3) is 11.8 Å². The molecule has 24 heteroatoms. The molecule has 86 heavy (non-hydrogen) atoms. The number of nitrogens with zero attached hydrogens (tertiary/aromatic N) is 2. The van der Waals surface area contributed by atoms with Gasteiger partial charge >= 0.3 is 20.2 Å². The smallest absolute Gasteiger partial charge is 0.418 e. The Morgan fingerprint density at radius 1 is 0.500 bits per heavy atom. The molecule has 2 aromatic heterocycles. The van der Waals surface area contributed by atoms with Crippen molar-refractivity contribution >= 4 is 56.6 Å². The Hall–Kier alpha value is -7.81. The molecule has 4 rings (SSSR count). The fourth-order valence-corrected chi connectivity index (χ4v) is 10.5. The van der Waals surface area contributed by atoms with Gasteiger partial charge in [-0.2, -0.15) is 10.1 Å². The maximum absolute atomic E-state index is 13.7. The molecule has 2 heterocycles. The van der Waals surface area contributed by atoms with E-state index in [-0.39, 0.29) is 61.1 Å². The van der Waals surface area contributed by atoms with Crippen LogP contribution in [0.3, 0.4) is 0 Å². The summed E-state index contributed by atoms with van der Waals surface area (Å²) in [6, 6.07) is 13.8. The van der Waals surface area contributed by atoms with Crippen molar-refractivity contribution in [1.29, 1.82) is 0 Å². The fourth-order valence-electron chi connectivity index (χ4n) is 9.79. The predicted molar refractivity (Wildman–Crippen MR) is 321 cm³/mol. The Kier molecular flexibility index (Phi) is 30.9. The monoisotopic (exact) mass is 1220 g/mol. The van der Waals surface area contributed by atoms with E-state index >= 15 is 0 Å². The van der Waals surface area contributed by atoms with Crippen molar-refractivity contribution in [1.82, 2.24) is 31.4 Å². The second-order valence-electron chi connectivity index (χ2n) is 20.4. The number of ether oxygens (including phenoxy) is 2. The number of hydrogen-bond acceptors (Lipinski definition) is 17. The van der Waals surface area contributed by atoms with Crippen molar-refractivity contribution in [3.05, 3.63) is 72.2 Å². The lowest BCUT2D eigenvalue weighted by Gasteiger charge is -2.32. The van der Waals surface area contributed by atoms with Gasteiger partial charge in [-0.3, -0.25) is 28.8 Å². The molecule has 0 bridgehead atoms. The molecule has 4 aromatic rings. The van der Waals surface area contributed by atoms with Gasteiger partial charge in [-0.05, 0) is 114 Å². The van der Waals surface area contributed by atoms with E-state index in [1.54, 1.807) is 52.0 Å². The van der Waals surface area contributed by atoms with Gasteiger partial charge in [0.15, 0.2) is 11.5 Å². The zero-order chi connectivity index (χ0) is 63.1. The molecule has 2 aromatic carbocycles. The van der Waals surface area contributed by atoms with Crippen molar-refractivity contribution in [2.45, 2.75) is 171 Å². The van der Waals surface area contributed by atoms with Crippen molar-refractivity contribution in [3.8, 4) is 45.6 Å². The van der Waals surface area contributed by atoms with Gasteiger partial charge in [-0.15, -0.1) is 0 Å². The van der Waals surface area contributed by atoms with Gasteiger partial charge in [-0.25, -0.2) is 14.2 Å². The number of hydroxylamine groups is 4. The Morgan fingerprint density at radius 3 is 1.20 bits per heavy atom. The lowest BCUT2D eigenvalue weighted by atomic mass is 9.90. The summed E-state index contributed by atoms with van der Waals surface area (Å²) < 4.78 is 48.8. The van der Waals surface area contributed by atoms with Crippen LogP contribution in [0.2, 0.25) is 0 Å². The Bertz CT molecular complexity index is 2640. The van der Waals surface area contributed by atoms with Crippen molar-refractivity contribution in [3.63, 3.8) is 0 Å². The topological polar surface area (TPSA) is 290 Å². The van der Waals surface area contributed by atoms with E-state index in [0.717, 1.165) is 35.8 Å². The first kappa shape index (κ1) is 70.7. The van der Waals surface area contributed by atoms with Crippen LogP contribution in [0.25, 0.3) is 22.6 Å². The zero-order valence-electron chi connectivity index (χ0n) is 51.5. The lowest BCUT2D eigenvalue weighted by molar-refractivity contribution is -0.208. The molecule has 23 nitrogen and oxygen atoms in total. The first-order valence-electron chi connectivity index (χ1n) is 30.2. The van der Waals surface area contributed by atoms with Gasteiger partial charge in [0.05, 0.1) is 62.3 Å². The number of nitrogens with one attached hydrogen (secondary N) is 4. The highest BCUT2D eigenvalue weighted by molar-refractivity contribution is 7.34. The molecule has 4 N–H and O–H groups in total. The van der Waals surface area contributed by atoms with E-state index < -0.39 is 79.6 Å². The number of amides is 6. The predicted octanol–water partition coefficient (Wildman–Crippen LogP) is 11.1. The van der Waals surface area contributed by atoms with E-state index in [4.69, 9.17) is 37.0 Å². The van der Waals surface area contributed by atoms with E-state index in [0.29, 0.717) is 99.7 Å². The van der Waals surface area contributed by atoms with Crippen LogP contribution in [0.15, 0.2) is 69.5 Å². The van der Waals surface area contributed by atoms with Crippen LogP contribution in [-0.4, -0.2) is 97.1 Å². The maximum Gasteiger partial charge on any atom is 0.418 e. The average molecular weight is 1220 g/mol. The summed E-state index contributed by atoms with van der Waals surface area (Å²) in [6.45, 7) is 18.6. The van der Waals surface area contributed by atoms with Crippen LogP contribution in [0.5, 0.6) is 23.0 Å². The summed E-state index contributed by atoms with van der Waals surface area (Å²) in [5.74, 6) is -4.45. The van der Waals surface area contributed by atoms with E-state index in [1.165, 1.54) is 36.4 Å². The largest absolute Gasteiger partial charge is 0.494 e. The molecule has 0 aliphatic rings. The summed E-state index contributed by atoms with van der Waals surface area (Å²) >= 11 is 0. The number of benzene rings is 2. The van der Waals surface area contributed by atoms with Crippen LogP contribution in [0, 0.1) is 23.7 Å². The standard InChI is InChI=1S/C62H89N6O17P/c1-11-21-23-25-49(51(17-7)67(39-69)82-61(75)41(13-3)14-4)57(71)63-37-65-59(73)55-29-27-53(80-55)43-31-45(78-19-9)35-47(33-43)84-86(77)85-48-34-44(32-46(36-48)79-20-10)54-28-30-56(81-54)60(74)66-38-64-58(72)50(26-24-22-12-2)52(18-8)68(40-70)83-62(76)42(15-5)16-6/h27-36,39-42,49-52,86H,11-26,37-38H2,1-10H3,(H,63,71)(H,64,72)(H,65,73)(H,66,74)/t49-,50-,51-,52-/m1/s1. The Labute approximate surface area is 505 Å². The number of carbonyl (C=O) groups is 8. The molecule has 0 fully saturated rings. The van der Waals surface area contributed by atoms with Crippen molar-refractivity contribution in [2.24, 2.45) is 23.7 Å². The molecule has 6 amide bonds. The number of hydrogen-bond donors (Lipinski definition) is 4. The molecule has 474 valence electrons. The molecule has 0 saturated heterocycles. The van der Waals surface area contributed by atoms with Crippen molar-refractivity contribution < 1.29 is 80.0 Å². The molecule has 0 spiro atoms. The first-order chi connectivity index (χ1) is 41.5. The highest BCUT2D eigenvalue weighted by atomic mass is 31.1. The summed E-state index contributed by atoms with van der Waals surface area (Å²) in [5.41, 5.74) is 0.794. The number of furan rings is 2.